The highest BCUT2D eigenvalue weighted by Gasteiger charge is 2.85. The van der Waals surface area contributed by atoms with Gasteiger partial charge in [-0.05, 0) is 124 Å². The molecular formula is C39H66N2O7. The zero-order valence-corrected chi connectivity index (χ0v) is 30.9. The summed E-state index contributed by atoms with van der Waals surface area (Å²) in [5, 5.41) is 23.5. The maximum Gasteiger partial charge on any atom is 0.170 e. The first kappa shape index (κ1) is 34.7. The van der Waals surface area contributed by atoms with Crippen LogP contribution in [-0.2, 0) is 23.7 Å². The van der Waals surface area contributed by atoms with E-state index in [0.717, 1.165) is 71.4 Å². The summed E-state index contributed by atoms with van der Waals surface area (Å²) in [6.07, 6.45) is 8.04. The Kier molecular flexibility index (Phi) is 8.37. The zero-order chi connectivity index (χ0) is 34.1. The Hall–Kier alpha value is -0.360. The fourth-order valence-electron chi connectivity index (χ4n) is 14.4. The molecule has 0 aromatic rings. The van der Waals surface area contributed by atoms with Crippen LogP contribution in [0.1, 0.15) is 106 Å². The van der Waals surface area contributed by atoms with Gasteiger partial charge < -0.3 is 39.6 Å². The van der Waals surface area contributed by atoms with Gasteiger partial charge in [0.2, 0.25) is 0 Å². The molecule has 0 aromatic heterocycles. The van der Waals surface area contributed by atoms with E-state index in [1.54, 1.807) is 0 Å². The third kappa shape index (κ3) is 4.66. The van der Waals surface area contributed by atoms with Crippen molar-refractivity contribution in [1.82, 2.24) is 4.90 Å². The molecule has 8 fully saturated rings. The molecule has 3 heterocycles. The first-order valence-electron chi connectivity index (χ1n) is 19.7. The second-order valence-corrected chi connectivity index (χ2v) is 19.2. The van der Waals surface area contributed by atoms with Gasteiger partial charge in [-0.15, -0.1) is 0 Å². The molecule has 274 valence electrons. The molecule has 3 saturated heterocycles. The third-order valence-electron chi connectivity index (χ3n) is 16.4. The van der Waals surface area contributed by atoms with Crippen LogP contribution < -0.4 is 5.73 Å². The topological polar surface area (TPSA) is 116 Å². The van der Waals surface area contributed by atoms with Crippen LogP contribution in [0.3, 0.4) is 0 Å². The van der Waals surface area contributed by atoms with Crippen LogP contribution in [0.25, 0.3) is 0 Å². The number of nitrogens with two attached hydrogens (primary N) is 1. The molecule has 15 atom stereocenters. The highest BCUT2D eigenvalue weighted by atomic mass is 16.7. The van der Waals surface area contributed by atoms with E-state index in [-0.39, 0.29) is 58.1 Å². The zero-order valence-electron chi connectivity index (χ0n) is 30.9. The molecule has 3 aliphatic heterocycles. The molecule has 5 aliphatic carbocycles. The van der Waals surface area contributed by atoms with Gasteiger partial charge in [0.05, 0.1) is 48.8 Å². The average Bonchev–Trinajstić information content (AvgIpc) is 3.29. The number of hydrogen-bond acceptors (Lipinski definition) is 9. The van der Waals surface area contributed by atoms with Crippen LogP contribution in [0.2, 0.25) is 0 Å². The lowest BCUT2D eigenvalue weighted by atomic mass is 9.43. The summed E-state index contributed by atoms with van der Waals surface area (Å²) in [4.78, 5) is 2.53. The minimum Gasteiger partial charge on any atom is -0.388 e. The van der Waals surface area contributed by atoms with E-state index >= 15 is 0 Å². The number of hydrogen-bond donors (Lipinski definition) is 3. The number of fused-ring (bicyclic) bond motifs is 4. The monoisotopic (exact) mass is 674 g/mol. The summed E-state index contributed by atoms with van der Waals surface area (Å²) in [5.41, 5.74) is 6.39. The highest BCUT2D eigenvalue weighted by molar-refractivity contribution is 5.35. The summed E-state index contributed by atoms with van der Waals surface area (Å²) < 4.78 is 31.9. The van der Waals surface area contributed by atoms with Crippen molar-refractivity contribution < 1.29 is 33.9 Å². The van der Waals surface area contributed by atoms with Crippen LogP contribution in [0.5, 0.6) is 0 Å². The molecule has 48 heavy (non-hydrogen) atoms. The van der Waals surface area contributed by atoms with Crippen molar-refractivity contribution in [3.63, 3.8) is 0 Å². The summed E-state index contributed by atoms with van der Waals surface area (Å²) in [7, 11) is 0. The van der Waals surface area contributed by atoms with Gasteiger partial charge in [0.25, 0.3) is 0 Å². The van der Waals surface area contributed by atoms with Gasteiger partial charge in [0, 0.05) is 32.3 Å². The second-order valence-electron chi connectivity index (χ2n) is 19.2. The van der Waals surface area contributed by atoms with Crippen molar-refractivity contribution in [1.29, 1.82) is 0 Å². The molecule has 0 amide bonds. The third-order valence-corrected chi connectivity index (χ3v) is 16.4. The van der Waals surface area contributed by atoms with Crippen LogP contribution in [-0.4, -0.2) is 109 Å². The summed E-state index contributed by atoms with van der Waals surface area (Å²) >= 11 is 0. The Morgan fingerprint density at radius 3 is 2.48 bits per heavy atom. The molecular weight excluding hydrogens is 608 g/mol. The molecule has 0 bridgehead atoms. The summed E-state index contributed by atoms with van der Waals surface area (Å²) in [5.74, 6) is 1.36. The van der Waals surface area contributed by atoms with Crippen molar-refractivity contribution in [2.75, 3.05) is 39.5 Å². The number of aliphatic hydroxyl groups excluding tert-OH is 1. The molecule has 1 unspecified atom stereocenters. The molecule has 9 heteroatoms. The van der Waals surface area contributed by atoms with Gasteiger partial charge in [-0.1, -0.05) is 27.7 Å². The van der Waals surface area contributed by atoms with Gasteiger partial charge in [-0.25, -0.2) is 0 Å². The summed E-state index contributed by atoms with van der Waals surface area (Å²) in [6, 6.07) is 0.492. The van der Waals surface area contributed by atoms with Crippen LogP contribution in [0, 0.1) is 45.3 Å². The molecule has 8 rings (SSSR count). The van der Waals surface area contributed by atoms with Crippen LogP contribution in [0.15, 0.2) is 0 Å². The minimum absolute atomic E-state index is 0.0376. The van der Waals surface area contributed by atoms with E-state index in [9.17, 15) is 10.2 Å². The molecule has 0 radical (unpaired) electrons. The fourth-order valence-corrected chi connectivity index (χ4v) is 14.4. The van der Waals surface area contributed by atoms with Crippen LogP contribution in [0.4, 0.5) is 0 Å². The number of morpholine rings is 1. The Bertz CT molecular complexity index is 1220. The molecule has 9 nitrogen and oxygen atoms in total. The lowest BCUT2D eigenvalue weighted by Crippen LogP contribution is -2.70. The van der Waals surface area contributed by atoms with Crippen molar-refractivity contribution in [3.05, 3.63) is 0 Å². The van der Waals surface area contributed by atoms with Crippen molar-refractivity contribution in [3.8, 4) is 0 Å². The normalized spacial score (nSPS) is 53.6. The standard InChI is InChI=1S/C39H66N2O7/c1-8-45-33(35(5,6)43)25-19-23(2)30-31(47-25)32(42)39(40)27-10-9-26-34(3,4)28(11-13-37(26)22-38(27,37)15-14-36(30,39)7)48-29-20-41(16-18-46-29)24-12-17-44-21-24/h23-33,42-43H,8-22,40H2,1-7H3/t23-,24?,25-,26+,27-,28+,29+,30+,31+,32+,33+,36-,37-,38+,39+/m1/s1. The van der Waals surface area contributed by atoms with E-state index in [2.05, 4.69) is 32.6 Å². The lowest BCUT2D eigenvalue weighted by Gasteiger charge is -2.63. The largest absolute Gasteiger partial charge is 0.388 e. The molecule has 0 aromatic carbocycles. The molecule has 2 spiro atoms. The molecule has 5 saturated carbocycles. The lowest BCUT2D eigenvalue weighted by molar-refractivity contribution is -0.248. The number of nitrogens with zero attached hydrogens (tertiary/aromatic N) is 1. The first-order chi connectivity index (χ1) is 22.6. The second kappa shape index (κ2) is 11.6. The molecule has 8 aliphatic rings. The van der Waals surface area contributed by atoms with Crippen molar-refractivity contribution >= 4 is 0 Å². The first-order valence-corrected chi connectivity index (χ1v) is 19.7. The number of aliphatic hydroxyl groups is 2. The van der Waals surface area contributed by atoms with Gasteiger partial charge in [0.15, 0.2) is 6.29 Å². The van der Waals surface area contributed by atoms with E-state index in [1.165, 1.54) is 19.3 Å². The van der Waals surface area contributed by atoms with Crippen LogP contribution >= 0.6 is 0 Å². The van der Waals surface area contributed by atoms with Crippen molar-refractivity contribution in [2.45, 2.75) is 160 Å². The van der Waals surface area contributed by atoms with E-state index < -0.39 is 23.3 Å². The number of rotatable bonds is 7. The highest BCUT2D eigenvalue weighted by Crippen LogP contribution is 2.87. The van der Waals surface area contributed by atoms with Gasteiger partial charge in [0.1, 0.15) is 6.10 Å². The summed E-state index contributed by atoms with van der Waals surface area (Å²) in [6.45, 7) is 20.0. The Labute approximate surface area is 289 Å². The van der Waals surface area contributed by atoms with E-state index in [1.807, 2.05) is 20.8 Å². The van der Waals surface area contributed by atoms with E-state index in [0.29, 0.717) is 24.5 Å². The maximum absolute atomic E-state index is 12.5. The number of ether oxygens (including phenoxy) is 5. The predicted molar refractivity (Wildman–Crippen MR) is 182 cm³/mol. The van der Waals surface area contributed by atoms with Gasteiger partial charge in [-0.2, -0.15) is 0 Å². The molecule has 4 N–H and O–H groups in total. The average molecular weight is 675 g/mol. The van der Waals surface area contributed by atoms with Gasteiger partial charge >= 0.3 is 0 Å². The smallest absolute Gasteiger partial charge is 0.170 e. The van der Waals surface area contributed by atoms with Gasteiger partial charge in [-0.3, -0.25) is 4.90 Å². The Balaban J connectivity index is 1.02. The maximum atomic E-state index is 12.5. The predicted octanol–water partition coefficient (Wildman–Crippen LogP) is 4.50. The minimum atomic E-state index is -1.04. The SMILES string of the molecule is CCO[C@@H]([C@H]1C[C@@H](C)[C@H]2[C@H](O1)[C@H](O)[C@@]1(N)[C@@H]3CC[C@H]4C(C)(C)[C@@H](O[C@H]5CN(C6CCOC6)CCO5)CC[C@@]45C[C@@]35CC[C@]21C)C(C)(C)O. The fraction of sp³-hybridized carbons (Fsp3) is 1.00. The Morgan fingerprint density at radius 1 is 1.02 bits per heavy atom. The Morgan fingerprint density at radius 2 is 1.77 bits per heavy atom. The van der Waals surface area contributed by atoms with Crippen molar-refractivity contribution in [2.24, 2.45) is 51.1 Å². The van der Waals surface area contributed by atoms with E-state index in [4.69, 9.17) is 29.4 Å². The quantitative estimate of drug-likeness (QED) is 0.359.